The zero-order valence-corrected chi connectivity index (χ0v) is 13.8. The van der Waals surface area contributed by atoms with E-state index in [0.29, 0.717) is 31.3 Å². The highest BCUT2D eigenvalue weighted by Crippen LogP contribution is 2.22. The molecule has 0 atom stereocenters. The largest absolute Gasteiger partial charge is 0.478 e. The van der Waals surface area contributed by atoms with Gasteiger partial charge in [0, 0.05) is 31.9 Å². The van der Waals surface area contributed by atoms with E-state index in [1.807, 2.05) is 20.8 Å². The number of nitrogens with zero attached hydrogens (tertiary/aromatic N) is 3. The first-order valence-electron chi connectivity index (χ1n) is 7.77. The van der Waals surface area contributed by atoms with E-state index in [2.05, 4.69) is 9.97 Å². The van der Waals surface area contributed by atoms with Crippen LogP contribution in [0, 0.1) is 5.92 Å². The van der Waals surface area contributed by atoms with E-state index in [9.17, 15) is 9.59 Å². The van der Waals surface area contributed by atoms with Crippen LogP contribution >= 0.6 is 0 Å². The second-order valence-corrected chi connectivity index (χ2v) is 6.81. The summed E-state index contributed by atoms with van der Waals surface area (Å²) in [6, 6.07) is 0. The third kappa shape index (κ3) is 5.19. The highest BCUT2D eigenvalue weighted by atomic mass is 16.6. The Morgan fingerprint density at radius 3 is 2.30 bits per heavy atom. The van der Waals surface area contributed by atoms with E-state index in [1.54, 1.807) is 4.90 Å². The quantitative estimate of drug-likeness (QED) is 0.918. The molecule has 1 N–H and O–H groups in total. The van der Waals surface area contributed by atoms with E-state index < -0.39 is 11.6 Å². The Balaban J connectivity index is 1.82. The summed E-state index contributed by atoms with van der Waals surface area (Å²) in [6.45, 7) is 6.89. The van der Waals surface area contributed by atoms with Crippen LogP contribution in [0.4, 0.5) is 4.79 Å². The number of aromatic carboxylic acids is 1. The molecule has 0 aliphatic carbocycles. The zero-order valence-electron chi connectivity index (χ0n) is 13.8. The maximum absolute atomic E-state index is 12.0. The van der Waals surface area contributed by atoms with Crippen LogP contribution in [0.1, 0.15) is 49.8 Å². The summed E-state index contributed by atoms with van der Waals surface area (Å²) in [6.07, 6.45) is 4.83. The van der Waals surface area contributed by atoms with Crippen molar-refractivity contribution in [1.29, 1.82) is 0 Å². The minimum atomic E-state index is -1.03. The van der Waals surface area contributed by atoms with Crippen molar-refractivity contribution in [3.63, 3.8) is 0 Å². The van der Waals surface area contributed by atoms with Crippen LogP contribution in [0.25, 0.3) is 0 Å². The monoisotopic (exact) mass is 321 g/mol. The van der Waals surface area contributed by atoms with Gasteiger partial charge in [-0.1, -0.05) is 0 Å². The molecule has 2 heterocycles. The van der Waals surface area contributed by atoms with Gasteiger partial charge in [0.15, 0.2) is 0 Å². The molecule has 0 aromatic carbocycles. The van der Waals surface area contributed by atoms with Gasteiger partial charge in [0.25, 0.3) is 0 Å². The number of hydrogen-bond acceptors (Lipinski definition) is 5. The predicted octanol–water partition coefficient (Wildman–Crippen LogP) is 2.36. The fraction of sp³-hybridized carbons (Fsp3) is 0.625. The average Bonchev–Trinajstić information content (AvgIpc) is 2.46. The number of likely N-dealkylation sites (tertiary alicyclic amines) is 1. The lowest BCUT2D eigenvalue weighted by Gasteiger charge is -2.33. The van der Waals surface area contributed by atoms with Gasteiger partial charge in [0.2, 0.25) is 0 Å². The van der Waals surface area contributed by atoms with Gasteiger partial charge >= 0.3 is 12.1 Å². The van der Waals surface area contributed by atoms with E-state index in [0.717, 1.165) is 12.8 Å². The molecule has 0 radical (unpaired) electrons. The lowest BCUT2D eigenvalue weighted by atomic mass is 9.93. The Bertz CT molecular complexity index is 558. The highest BCUT2D eigenvalue weighted by Gasteiger charge is 2.27. The van der Waals surface area contributed by atoms with Gasteiger partial charge in [0.05, 0.1) is 5.56 Å². The number of piperidine rings is 1. The van der Waals surface area contributed by atoms with Gasteiger partial charge in [0.1, 0.15) is 11.4 Å². The summed E-state index contributed by atoms with van der Waals surface area (Å²) >= 11 is 0. The van der Waals surface area contributed by atoms with Gasteiger partial charge < -0.3 is 14.7 Å². The van der Waals surface area contributed by atoms with Crippen LogP contribution in [0.5, 0.6) is 0 Å². The topological polar surface area (TPSA) is 92.6 Å². The normalized spacial score (nSPS) is 16.2. The summed E-state index contributed by atoms with van der Waals surface area (Å²) in [5.74, 6) is 0.0114. The second kappa shape index (κ2) is 6.93. The maximum Gasteiger partial charge on any atom is 0.410 e. The Labute approximate surface area is 135 Å². The van der Waals surface area contributed by atoms with Crippen molar-refractivity contribution in [2.75, 3.05) is 13.1 Å². The first-order valence-corrected chi connectivity index (χ1v) is 7.77. The zero-order chi connectivity index (χ0) is 17.0. The number of ether oxygens (including phenoxy) is 1. The van der Waals surface area contributed by atoms with Crippen molar-refractivity contribution < 1.29 is 19.4 Å². The third-order valence-electron chi connectivity index (χ3n) is 3.69. The van der Waals surface area contributed by atoms with Crippen molar-refractivity contribution in [3.8, 4) is 0 Å². The molecule has 2 rings (SSSR count). The van der Waals surface area contributed by atoms with Crippen molar-refractivity contribution in [3.05, 3.63) is 23.8 Å². The average molecular weight is 321 g/mol. The molecule has 1 aromatic rings. The smallest absolute Gasteiger partial charge is 0.410 e. The number of carboxylic acid groups (broad SMARTS) is 1. The molecule has 1 aromatic heterocycles. The van der Waals surface area contributed by atoms with Crippen molar-refractivity contribution in [2.24, 2.45) is 5.92 Å². The molecule has 0 bridgehead atoms. The van der Waals surface area contributed by atoms with E-state index in [4.69, 9.17) is 9.84 Å². The molecule has 1 aliphatic rings. The van der Waals surface area contributed by atoms with Gasteiger partial charge in [-0.25, -0.2) is 19.6 Å². The van der Waals surface area contributed by atoms with Crippen LogP contribution in [0.15, 0.2) is 12.4 Å². The summed E-state index contributed by atoms with van der Waals surface area (Å²) in [7, 11) is 0. The Kier molecular flexibility index (Phi) is 5.18. The molecule has 1 amide bonds. The molecule has 0 saturated carbocycles. The summed E-state index contributed by atoms with van der Waals surface area (Å²) in [5, 5.41) is 8.83. The standard InChI is InChI=1S/C16H23N3O4/c1-16(2,3)23-15(22)19-6-4-11(5-7-19)8-13-17-9-12(10-18-13)14(20)21/h9-11H,4-8H2,1-3H3,(H,20,21). The molecule has 23 heavy (non-hydrogen) atoms. The maximum atomic E-state index is 12.0. The molecule has 7 heteroatoms. The summed E-state index contributed by atoms with van der Waals surface area (Å²) in [5.41, 5.74) is -0.387. The van der Waals surface area contributed by atoms with E-state index in [-0.39, 0.29) is 11.7 Å². The lowest BCUT2D eigenvalue weighted by Crippen LogP contribution is -2.42. The molecule has 0 spiro atoms. The van der Waals surface area contributed by atoms with Crippen LogP contribution in [-0.2, 0) is 11.2 Å². The number of carbonyl (C=O) groups excluding carboxylic acids is 1. The van der Waals surface area contributed by atoms with Gasteiger partial charge in [-0.15, -0.1) is 0 Å². The van der Waals surface area contributed by atoms with Crippen molar-refractivity contribution >= 4 is 12.1 Å². The van der Waals surface area contributed by atoms with Gasteiger partial charge in [-0.3, -0.25) is 0 Å². The van der Waals surface area contributed by atoms with Crippen molar-refractivity contribution in [2.45, 2.75) is 45.6 Å². The number of carbonyl (C=O) groups is 2. The fourth-order valence-corrected chi connectivity index (χ4v) is 2.47. The first-order chi connectivity index (χ1) is 10.7. The third-order valence-corrected chi connectivity index (χ3v) is 3.69. The van der Waals surface area contributed by atoms with Crippen LogP contribution in [0.3, 0.4) is 0 Å². The SMILES string of the molecule is CC(C)(C)OC(=O)N1CCC(Cc2ncc(C(=O)O)cn2)CC1. The molecule has 1 saturated heterocycles. The number of aromatic nitrogens is 2. The number of hydrogen-bond donors (Lipinski definition) is 1. The lowest BCUT2D eigenvalue weighted by molar-refractivity contribution is 0.0183. The highest BCUT2D eigenvalue weighted by molar-refractivity contribution is 5.86. The second-order valence-electron chi connectivity index (χ2n) is 6.81. The number of amides is 1. The van der Waals surface area contributed by atoms with Gasteiger partial charge in [-0.05, 0) is 39.5 Å². The Hall–Kier alpha value is -2.18. The molecular formula is C16H23N3O4. The van der Waals surface area contributed by atoms with Crippen LogP contribution in [-0.4, -0.2) is 50.7 Å². The fourth-order valence-electron chi connectivity index (χ4n) is 2.47. The molecule has 126 valence electrons. The molecular weight excluding hydrogens is 298 g/mol. The van der Waals surface area contributed by atoms with Crippen LogP contribution in [0.2, 0.25) is 0 Å². The van der Waals surface area contributed by atoms with Crippen LogP contribution < -0.4 is 0 Å². The number of carboxylic acids is 1. The Morgan fingerprint density at radius 2 is 1.83 bits per heavy atom. The minimum Gasteiger partial charge on any atom is -0.478 e. The van der Waals surface area contributed by atoms with E-state index >= 15 is 0 Å². The molecule has 1 aliphatic heterocycles. The first kappa shape index (κ1) is 17.2. The summed E-state index contributed by atoms with van der Waals surface area (Å²) in [4.78, 5) is 32.7. The Morgan fingerprint density at radius 1 is 1.26 bits per heavy atom. The molecule has 1 fully saturated rings. The van der Waals surface area contributed by atoms with Crippen molar-refractivity contribution in [1.82, 2.24) is 14.9 Å². The minimum absolute atomic E-state index is 0.0912. The molecule has 7 nitrogen and oxygen atoms in total. The summed E-state index contributed by atoms with van der Waals surface area (Å²) < 4.78 is 5.37. The predicted molar refractivity (Wildman–Crippen MR) is 83.2 cm³/mol. The van der Waals surface area contributed by atoms with Gasteiger partial charge in [-0.2, -0.15) is 0 Å². The molecule has 0 unspecified atom stereocenters. The van der Waals surface area contributed by atoms with E-state index in [1.165, 1.54) is 12.4 Å². The number of rotatable bonds is 3.